The molecule has 1 aromatic heterocycles. The van der Waals surface area contributed by atoms with E-state index < -0.39 is 0 Å². The number of carbonyl (C=O) groups is 2. The molecule has 6 heteroatoms. The van der Waals surface area contributed by atoms with E-state index in [-0.39, 0.29) is 18.2 Å². The maximum Gasteiger partial charge on any atom is 0.247 e. The highest BCUT2D eigenvalue weighted by atomic mass is 16.2. The summed E-state index contributed by atoms with van der Waals surface area (Å²) in [7, 11) is 1.88. The average Bonchev–Trinajstić information content (AvgIpc) is 3.36. The van der Waals surface area contributed by atoms with Gasteiger partial charge in [0.15, 0.2) is 0 Å². The van der Waals surface area contributed by atoms with Crippen LogP contribution in [0.25, 0.3) is 0 Å². The number of carbonyl (C=O) groups excluding carboxylic acids is 2. The van der Waals surface area contributed by atoms with Gasteiger partial charge in [-0.25, -0.2) is 0 Å². The van der Waals surface area contributed by atoms with E-state index in [0.717, 1.165) is 24.1 Å². The summed E-state index contributed by atoms with van der Waals surface area (Å²) >= 11 is 0. The lowest BCUT2D eigenvalue weighted by atomic mass is 10.1. The molecule has 2 aromatic rings. The van der Waals surface area contributed by atoms with Crippen LogP contribution in [0.15, 0.2) is 49.2 Å². The molecular weight excluding hydrogens is 316 g/mol. The topological polar surface area (TPSA) is 67.2 Å². The van der Waals surface area contributed by atoms with Crippen LogP contribution in [-0.2, 0) is 29.6 Å². The van der Waals surface area contributed by atoms with Crippen LogP contribution in [0.3, 0.4) is 0 Å². The summed E-state index contributed by atoms with van der Waals surface area (Å²) in [6, 6.07) is 9.60. The van der Waals surface area contributed by atoms with Crippen LogP contribution >= 0.6 is 0 Å². The number of aryl methyl sites for hydroxylation is 1. The fourth-order valence-corrected chi connectivity index (χ4v) is 2.78. The third kappa shape index (κ3) is 4.15. The zero-order valence-corrected chi connectivity index (χ0v) is 14.3. The molecule has 0 bridgehead atoms. The Hall–Kier alpha value is -2.89. The number of para-hydroxylation sites is 1. The van der Waals surface area contributed by atoms with Crippen LogP contribution in [0.1, 0.15) is 24.1 Å². The Bertz CT molecular complexity index is 792. The maximum atomic E-state index is 12.9. The molecule has 1 heterocycles. The highest BCUT2D eigenvalue weighted by Crippen LogP contribution is 2.29. The lowest BCUT2D eigenvalue weighted by molar-refractivity contribution is -0.131. The highest BCUT2D eigenvalue weighted by molar-refractivity contribution is 5.99. The molecule has 1 saturated carbocycles. The van der Waals surface area contributed by atoms with Gasteiger partial charge in [-0.05, 0) is 36.6 Å². The summed E-state index contributed by atoms with van der Waals surface area (Å²) < 4.78 is 1.79. The molecule has 3 rings (SSSR count). The van der Waals surface area contributed by atoms with Gasteiger partial charge in [0, 0.05) is 25.0 Å². The standard InChI is InChI=1S/C19H22N4O2/c1-3-18(24)21-17-7-5-4-6-14(17)12-19(25)23(15-8-9-15)13-16-10-11-20-22(16)2/h3-7,10-11,15H,1,8-9,12-13H2,2H3,(H,21,24). The third-order valence-corrected chi connectivity index (χ3v) is 4.37. The Kier molecular flexibility index (Phi) is 4.97. The van der Waals surface area contributed by atoms with E-state index in [1.165, 1.54) is 6.08 Å². The van der Waals surface area contributed by atoms with Gasteiger partial charge in [0.2, 0.25) is 11.8 Å². The number of anilines is 1. The molecule has 1 aromatic carbocycles. The second-order valence-corrected chi connectivity index (χ2v) is 6.23. The molecule has 0 atom stereocenters. The summed E-state index contributed by atoms with van der Waals surface area (Å²) in [5.74, 6) is -0.224. The van der Waals surface area contributed by atoms with Crippen LogP contribution in [0.4, 0.5) is 5.69 Å². The van der Waals surface area contributed by atoms with E-state index in [4.69, 9.17) is 0 Å². The number of aromatic nitrogens is 2. The van der Waals surface area contributed by atoms with Crippen LogP contribution in [-0.4, -0.2) is 32.5 Å². The highest BCUT2D eigenvalue weighted by Gasteiger charge is 2.33. The quantitative estimate of drug-likeness (QED) is 0.788. The number of nitrogens with zero attached hydrogens (tertiary/aromatic N) is 3. The minimum Gasteiger partial charge on any atom is -0.334 e. The number of hydrogen-bond acceptors (Lipinski definition) is 3. The molecule has 0 saturated heterocycles. The van der Waals surface area contributed by atoms with Crippen molar-refractivity contribution < 1.29 is 9.59 Å². The van der Waals surface area contributed by atoms with Gasteiger partial charge in [0.1, 0.15) is 0 Å². The summed E-state index contributed by atoms with van der Waals surface area (Å²) in [5.41, 5.74) is 2.46. The van der Waals surface area contributed by atoms with Gasteiger partial charge in [-0.1, -0.05) is 24.8 Å². The van der Waals surface area contributed by atoms with Gasteiger partial charge in [-0.2, -0.15) is 5.10 Å². The first kappa shape index (κ1) is 17.0. The number of amides is 2. The van der Waals surface area contributed by atoms with Crippen molar-refractivity contribution in [2.75, 3.05) is 5.32 Å². The molecule has 0 radical (unpaired) electrons. The minimum absolute atomic E-state index is 0.0593. The van der Waals surface area contributed by atoms with Crippen molar-refractivity contribution in [2.45, 2.75) is 31.8 Å². The Morgan fingerprint density at radius 2 is 2.12 bits per heavy atom. The Morgan fingerprint density at radius 1 is 1.36 bits per heavy atom. The first-order chi connectivity index (χ1) is 12.1. The number of nitrogens with one attached hydrogen (secondary N) is 1. The predicted octanol–water partition coefficient (Wildman–Crippen LogP) is 2.28. The lowest BCUT2D eigenvalue weighted by Crippen LogP contribution is -2.34. The number of hydrogen-bond donors (Lipinski definition) is 1. The normalized spacial score (nSPS) is 13.3. The van der Waals surface area contributed by atoms with E-state index in [1.54, 1.807) is 16.9 Å². The number of rotatable bonds is 7. The maximum absolute atomic E-state index is 12.9. The van der Waals surface area contributed by atoms with Crippen LogP contribution in [0, 0.1) is 0 Å². The molecule has 1 aliphatic carbocycles. The SMILES string of the molecule is C=CC(=O)Nc1ccccc1CC(=O)N(Cc1ccnn1C)C1CC1. The second-order valence-electron chi connectivity index (χ2n) is 6.23. The third-order valence-electron chi connectivity index (χ3n) is 4.37. The monoisotopic (exact) mass is 338 g/mol. The predicted molar refractivity (Wildman–Crippen MR) is 95.8 cm³/mol. The van der Waals surface area contributed by atoms with E-state index in [2.05, 4.69) is 17.0 Å². The van der Waals surface area contributed by atoms with E-state index >= 15 is 0 Å². The van der Waals surface area contributed by atoms with Crippen molar-refractivity contribution in [1.82, 2.24) is 14.7 Å². The molecule has 1 fully saturated rings. The van der Waals surface area contributed by atoms with Gasteiger partial charge in [0.05, 0.1) is 18.7 Å². The van der Waals surface area contributed by atoms with Crippen molar-refractivity contribution in [3.63, 3.8) is 0 Å². The molecule has 0 unspecified atom stereocenters. The Morgan fingerprint density at radius 3 is 2.76 bits per heavy atom. The van der Waals surface area contributed by atoms with Crippen molar-refractivity contribution in [2.24, 2.45) is 7.05 Å². The van der Waals surface area contributed by atoms with Crippen molar-refractivity contribution >= 4 is 17.5 Å². The van der Waals surface area contributed by atoms with Gasteiger partial charge in [0.25, 0.3) is 0 Å². The summed E-state index contributed by atoms with van der Waals surface area (Å²) in [6.45, 7) is 4.02. The first-order valence-corrected chi connectivity index (χ1v) is 8.36. The molecule has 2 amide bonds. The summed E-state index contributed by atoms with van der Waals surface area (Å²) in [6.07, 6.45) is 5.29. The summed E-state index contributed by atoms with van der Waals surface area (Å²) in [4.78, 5) is 26.4. The summed E-state index contributed by atoms with van der Waals surface area (Å²) in [5, 5.41) is 6.93. The van der Waals surface area contributed by atoms with Gasteiger partial charge >= 0.3 is 0 Å². The average molecular weight is 338 g/mol. The number of benzene rings is 1. The fraction of sp³-hybridized carbons (Fsp3) is 0.316. The van der Waals surface area contributed by atoms with Crippen LogP contribution in [0.2, 0.25) is 0 Å². The molecule has 25 heavy (non-hydrogen) atoms. The molecule has 0 aliphatic heterocycles. The fourth-order valence-electron chi connectivity index (χ4n) is 2.78. The molecule has 1 aliphatic rings. The smallest absolute Gasteiger partial charge is 0.247 e. The van der Waals surface area contributed by atoms with Gasteiger partial charge in [-0.15, -0.1) is 0 Å². The Labute approximate surface area is 147 Å². The van der Waals surface area contributed by atoms with E-state index in [9.17, 15) is 9.59 Å². The Balaban J connectivity index is 1.75. The molecule has 130 valence electrons. The lowest BCUT2D eigenvalue weighted by Gasteiger charge is -2.23. The van der Waals surface area contributed by atoms with Crippen molar-refractivity contribution in [3.05, 3.63) is 60.4 Å². The van der Waals surface area contributed by atoms with Crippen LogP contribution < -0.4 is 5.32 Å². The minimum atomic E-state index is -0.283. The molecule has 0 spiro atoms. The zero-order chi connectivity index (χ0) is 17.8. The zero-order valence-electron chi connectivity index (χ0n) is 14.3. The van der Waals surface area contributed by atoms with E-state index in [0.29, 0.717) is 18.3 Å². The first-order valence-electron chi connectivity index (χ1n) is 8.36. The van der Waals surface area contributed by atoms with Crippen molar-refractivity contribution in [1.29, 1.82) is 0 Å². The second kappa shape index (κ2) is 7.34. The molecular formula is C19H22N4O2. The van der Waals surface area contributed by atoms with E-state index in [1.807, 2.05) is 36.2 Å². The van der Waals surface area contributed by atoms with Crippen LogP contribution in [0.5, 0.6) is 0 Å². The largest absolute Gasteiger partial charge is 0.334 e. The molecule has 6 nitrogen and oxygen atoms in total. The van der Waals surface area contributed by atoms with Crippen molar-refractivity contribution in [3.8, 4) is 0 Å². The van der Waals surface area contributed by atoms with Gasteiger partial charge in [-0.3, -0.25) is 14.3 Å². The molecule has 1 N–H and O–H groups in total. The van der Waals surface area contributed by atoms with Gasteiger partial charge < -0.3 is 10.2 Å².